The summed E-state index contributed by atoms with van der Waals surface area (Å²) in [6.07, 6.45) is -0.0164. The number of aliphatic hydroxyl groups is 2. The number of hydrogen-bond acceptors (Lipinski definition) is 4. The molecule has 0 fully saturated rings. The fourth-order valence-corrected chi connectivity index (χ4v) is 1.91. The number of aromatic nitrogens is 1. The first-order chi connectivity index (χ1) is 8.72. The molecular weight excluding hydrogens is 246 g/mol. The highest BCUT2D eigenvalue weighted by Gasteiger charge is 2.16. The predicted octanol–water partition coefficient (Wildman–Crippen LogP) is 2.07. The van der Waals surface area contributed by atoms with Crippen LogP contribution in [-0.2, 0) is 0 Å². The minimum atomic E-state index is -0.903. The van der Waals surface area contributed by atoms with Crippen LogP contribution >= 0.6 is 12.6 Å². The van der Waals surface area contributed by atoms with Crippen LogP contribution < -0.4 is 0 Å². The second kappa shape index (κ2) is 6.00. The number of aliphatic hydroxyl groups excluding tert-OH is 2. The van der Waals surface area contributed by atoms with Crippen molar-refractivity contribution in [2.75, 3.05) is 5.75 Å². The molecule has 2 unspecified atom stereocenters. The first kappa shape index (κ1) is 13.1. The maximum Gasteiger partial charge on any atom is 0.106 e. The zero-order valence-electron chi connectivity index (χ0n) is 9.77. The van der Waals surface area contributed by atoms with Crippen LogP contribution in [0, 0.1) is 0 Å². The van der Waals surface area contributed by atoms with Gasteiger partial charge in [-0.25, -0.2) is 0 Å². The van der Waals surface area contributed by atoms with Gasteiger partial charge in [-0.1, -0.05) is 30.3 Å². The van der Waals surface area contributed by atoms with Gasteiger partial charge in [-0.15, -0.1) is 0 Å². The SMILES string of the molecule is OC(CS)C(O)c1ccc(-c2ccccn2)cc1. The molecule has 0 aliphatic rings. The Bertz CT molecular complexity index is 487. The van der Waals surface area contributed by atoms with Crippen LogP contribution in [0.3, 0.4) is 0 Å². The largest absolute Gasteiger partial charge is 0.389 e. The van der Waals surface area contributed by atoms with Crippen LogP contribution in [-0.4, -0.2) is 27.1 Å². The molecule has 4 heteroatoms. The summed E-state index contributed by atoms with van der Waals surface area (Å²) in [5.74, 6) is 0.225. The lowest BCUT2D eigenvalue weighted by molar-refractivity contribution is 0.0338. The number of thiol groups is 1. The number of nitrogens with zero attached hydrogens (tertiary/aromatic N) is 1. The fraction of sp³-hybridized carbons (Fsp3) is 0.214. The zero-order chi connectivity index (χ0) is 13.0. The minimum Gasteiger partial charge on any atom is -0.389 e. The summed E-state index contributed by atoms with van der Waals surface area (Å²) >= 11 is 3.96. The summed E-state index contributed by atoms with van der Waals surface area (Å²) in [5.41, 5.74) is 2.54. The molecular formula is C14H15NO2S. The topological polar surface area (TPSA) is 53.4 Å². The van der Waals surface area contributed by atoms with Crippen molar-refractivity contribution in [3.63, 3.8) is 0 Å². The van der Waals surface area contributed by atoms with E-state index in [4.69, 9.17) is 0 Å². The van der Waals surface area contributed by atoms with E-state index in [2.05, 4.69) is 17.6 Å². The van der Waals surface area contributed by atoms with Gasteiger partial charge in [0.1, 0.15) is 6.10 Å². The van der Waals surface area contributed by atoms with Crippen LogP contribution in [0.1, 0.15) is 11.7 Å². The molecule has 3 nitrogen and oxygen atoms in total. The minimum absolute atomic E-state index is 0.225. The van der Waals surface area contributed by atoms with Crippen molar-refractivity contribution < 1.29 is 10.2 Å². The Hall–Kier alpha value is -1.36. The maximum absolute atomic E-state index is 9.84. The Labute approximate surface area is 112 Å². The molecule has 0 saturated carbocycles. The van der Waals surface area contributed by atoms with Crippen molar-refractivity contribution in [2.45, 2.75) is 12.2 Å². The quantitative estimate of drug-likeness (QED) is 0.739. The number of benzene rings is 1. The second-order valence-electron chi connectivity index (χ2n) is 4.03. The van der Waals surface area contributed by atoms with Gasteiger partial charge in [0.15, 0.2) is 0 Å². The van der Waals surface area contributed by atoms with Gasteiger partial charge in [-0.3, -0.25) is 4.98 Å². The normalized spacial score (nSPS) is 14.2. The lowest BCUT2D eigenvalue weighted by Gasteiger charge is -2.16. The van der Waals surface area contributed by atoms with Gasteiger partial charge in [-0.2, -0.15) is 12.6 Å². The first-order valence-corrected chi connectivity index (χ1v) is 6.34. The van der Waals surface area contributed by atoms with Gasteiger partial charge in [-0.05, 0) is 17.7 Å². The molecule has 1 aromatic carbocycles. The molecule has 1 heterocycles. The summed E-state index contributed by atoms with van der Waals surface area (Å²) in [7, 11) is 0. The van der Waals surface area contributed by atoms with E-state index in [0.717, 1.165) is 11.3 Å². The van der Waals surface area contributed by atoms with E-state index >= 15 is 0 Å². The Balaban J connectivity index is 2.20. The summed E-state index contributed by atoms with van der Waals surface area (Å²) in [5, 5.41) is 19.4. The molecule has 0 aliphatic carbocycles. The Morgan fingerprint density at radius 3 is 2.33 bits per heavy atom. The zero-order valence-corrected chi connectivity index (χ0v) is 10.7. The van der Waals surface area contributed by atoms with E-state index < -0.39 is 12.2 Å². The van der Waals surface area contributed by atoms with Gasteiger partial charge in [0.2, 0.25) is 0 Å². The van der Waals surface area contributed by atoms with E-state index in [1.165, 1.54) is 0 Å². The Morgan fingerprint density at radius 2 is 1.78 bits per heavy atom. The van der Waals surface area contributed by atoms with Crippen LogP contribution in [0.15, 0.2) is 48.7 Å². The molecule has 1 aromatic heterocycles. The second-order valence-corrected chi connectivity index (χ2v) is 4.40. The van der Waals surface area contributed by atoms with Crippen molar-refractivity contribution in [3.8, 4) is 11.3 Å². The van der Waals surface area contributed by atoms with E-state index in [1.807, 2.05) is 30.3 Å². The summed E-state index contributed by atoms with van der Waals surface area (Å²) in [4.78, 5) is 4.25. The molecule has 0 saturated heterocycles. The number of hydrogen-bond donors (Lipinski definition) is 3. The van der Waals surface area contributed by atoms with Crippen molar-refractivity contribution in [1.29, 1.82) is 0 Å². The highest BCUT2D eigenvalue weighted by Crippen LogP contribution is 2.22. The van der Waals surface area contributed by atoms with Crippen LogP contribution in [0.5, 0.6) is 0 Å². The van der Waals surface area contributed by atoms with Crippen molar-refractivity contribution in [2.24, 2.45) is 0 Å². The molecule has 94 valence electrons. The smallest absolute Gasteiger partial charge is 0.106 e. The highest BCUT2D eigenvalue weighted by molar-refractivity contribution is 7.80. The summed E-state index contributed by atoms with van der Waals surface area (Å²) in [6.45, 7) is 0. The molecule has 2 atom stereocenters. The lowest BCUT2D eigenvalue weighted by Crippen LogP contribution is -2.19. The van der Waals surface area contributed by atoms with E-state index in [9.17, 15) is 10.2 Å². The molecule has 18 heavy (non-hydrogen) atoms. The number of pyridine rings is 1. The lowest BCUT2D eigenvalue weighted by atomic mass is 10.0. The van der Waals surface area contributed by atoms with E-state index in [-0.39, 0.29) is 5.75 Å². The molecule has 0 spiro atoms. The third-order valence-electron chi connectivity index (χ3n) is 2.76. The third kappa shape index (κ3) is 2.90. The third-order valence-corrected chi connectivity index (χ3v) is 3.14. The molecule has 2 aromatic rings. The Kier molecular flexibility index (Phi) is 4.36. The first-order valence-electron chi connectivity index (χ1n) is 5.70. The van der Waals surface area contributed by atoms with E-state index in [0.29, 0.717) is 5.56 Å². The standard InChI is InChI=1S/C14H15NO2S/c16-13(9-18)14(17)11-6-4-10(5-7-11)12-3-1-2-8-15-12/h1-8,13-14,16-18H,9H2. The van der Waals surface area contributed by atoms with Crippen molar-refractivity contribution in [3.05, 3.63) is 54.2 Å². The summed E-state index contributed by atoms with van der Waals surface area (Å²) in [6, 6.07) is 13.1. The molecule has 0 amide bonds. The molecule has 2 N–H and O–H groups in total. The van der Waals surface area contributed by atoms with Crippen LogP contribution in [0.4, 0.5) is 0 Å². The summed E-state index contributed by atoms with van der Waals surface area (Å²) < 4.78 is 0. The van der Waals surface area contributed by atoms with Crippen LogP contribution in [0.25, 0.3) is 11.3 Å². The fourth-order valence-electron chi connectivity index (χ4n) is 1.71. The van der Waals surface area contributed by atoms with Gasteiger partial charge in [0.05, 0.1) is 11.8 Å². The van der Waals surface area contributed by atoms with Gasteiger partial charge in [0.25, 0.3) is 0 Å². The molecule has 0 bridgehead atoms. The van der Waals surface area contributed by atoms with Crippen molar-refractivity contribution >= 4 is 12.6 Å². The average Bonchev–Trinajstić information content (AvgIpc) is 2.47. The monoisotopic (exact) mass is 261 g/mol. The van der Waals surface area contributed by atoms with E-state index in [1.54, 1.807) is 18.3 Å². The number of rotatable bonds is 4. The molecule has 0 radical (unpaired) electrons. The van der Waals surface area contributed by atoms with Gasteiger partial charge < -0.3 is 10.2 Å². The van der Waals surface area contributed by atoms with Gasteiger partial charge in [0, 0.05) is 17.5 Å². The van der Waals surface area contributed by atoms with Crippen molar-refractivity contribution in [1.82, 2.24) is 4.98 Å². The highest BCUT2D eigenvalue weighted by atomic mass is 32.1. The molecule has 2 rings (SSSR count). The maximum atomic E-state index is 9.84. The molecule has 0 aliphatic heterocycles. The predicted molar refractivity (Wildman–Crippen MR) is 74.5 cm³/mol. The Morgan fingerprint density at radius 1 is 1.06 bits per heavy atom. The van der Waals surface area contributed by atoms with Crippen LogP contribution in [0.2, 0.25) is 0 Å². The average molecular weight is 261 g/mol. The van der Waals surface area contributed by atoms with Gasteiger partial charge >= 0.3 is 0 Å².